The quantitative estimate of drug-likeness (QED) is 0.731. The maximum atomic E-state index is 12.5. The molecule has 26 heavy (non-hydrogen) atoms. The minimum Gasteiger partial charge on any atom is -0.412 e. The van der Waals surface area contributed by atoms with Crippen LogP contribution < -0.4 is 0 Å². The average molecular weight is 374 g/mol. The van der Waals surface area contributed by atoms with Crippen LogP contribution in [0.5, 0.6) is 0 Å². The minimum atomic E-state index is -0.995. The summed E-state index contributed by atoms with van der Waals surface area (Å²) in [7, 11) is -0.995. The Morgan fingerprint density at radius 2 is 1.65 bits per heavy atom. The number of rotatable bonds is 6. The number of hydrogen-bond acceptors (Lipinski definition) is 3. The Labute approximate surface area is 158 Å². The molecule has 1 heterocycles. The van der Waals surface area contributed by atoms with Crippen molar-refractivity contribution < 1.29 is 14.5 Å². The summed E-state index contributed by atoms with van der Waals surface area (Å²) in [6.45, 7) is 3.11. The largest absolute Gasteiger partial charge is 0.412 e. The molecule has 0 spiro atoms. The molecule has 1 atom stereocenters. The third-order valence-electron chi connectivity index (χ3n) is 4.94. The third kappa shape index (κ3) is 5.59. The van der Waals surface area contributed by atoms with Crippen LogP contribution in [0.1, 0.15) is 35.2 Å². The highest BCUT2D eigenvalue weighted by Crippen LogP contribution is 2.24. The van der Waals surface area contributed by atoms with Gasteiger partial charge in [-0.05, 0) is 49.5 Å². The van der Waals surface area contributed by atoms with Crippen LogP contribution in [0, 0.1) is 5.92 Å². The molecule has 1 unspecified atom stereocenters. The summed E-state index contributed by atoms with van der Waals surface area (Å²) < 4.78 is 11.4. The molecule has 140 valence electrons. The van der Waals surface area contributed by atoms with Gasteiger partial charge in [0.1, 0.15) is 0 Å². The van der Waals surface area contributed by atoms with Crippen molar-refractivity contribution >= 4 is 16.6 Å². The van der Waals surface area contributed by atoms with Gasteiger partial charge in [-0.2, -0.15) is 0 Å². The first-order valence-corrected chi connectivity index (χ1v) is 10.4. The van der Waals surface area contributed by atoms with E-state index in [4.69, 9.17) is 0 Å². The van der Waals surface area contributed by atoms with Crippen molar-refractivity contribution in [3.05, 3.63) is 65.7 Å². The lowest BCUT2D eigenvalue weighted by Gasteiger charge is -2.31. The zero-order valence-corrected chi connectivity index (χ0v) is 16.0. The highest BCUT2D eigenvalue weighted by atomic mass is 32.2. The average Bonchev–Trinajstić information content (AvgIpc) is 2.64. The number of piperidine rings is 1. The van der Waals surface area contributed by atoms with Gasteiger partial charge in [-0.3, -0.25) is 13.9 Å². The van der Waals surface area contributed by atoms with E-state index in [0.29, 0.717) is 12.3 Å². The molecule has 4 nitrogen and oxygen atoms in total. The molecule has 0 aromatic heterocycles. The summed E-state index contributed by atoms with van der Waals surface area (Å²) in [5.74, 6) is 0.675. The fraction of sp³-hybridized carbons (Fsp3) is 0.381. The zero-order valence-electron chi connectivity index (χ0n) is 15.2. The SMILES string of the molecule is CS(=O)c1ccc(C(=O)CC2CCN(Cc3ccccc3)CC2)cc1.O. The summed E-state index contributed by atoms with van der Waals surface area (Å²) in [5.41, 5.74) is 2.09. The fourth-order valence-corrected chi connectivity index (χ4v) is 3.92. The minimum absolute atomic E-state index is 0. The van der Waals surface area contributed by atoms with E-state index in [2.05, 4.69) is 29.2 Å². The van der Waals surface area contributed by atoms with Gasteiger partial charge >= 0.3 is 0 Å². The van der Waals surface area contributed by atoms with Crippen molar-refractivity contribution in [3.63, 3.8) is 0 Å². The van der Waals surface area contributed by atoms with Crippen LogP contribution in [-0.2, 0) is 17.3 Å². The van der Waals surface area contributed by atoms with Crippen LogP contribution >= 0.6 is 0 Å². The van der Waals surface area contributed by atoms with Gasteiger partial charge in [0, 0.05) is 40.5 Å². The van der Waals surface area contributed by atoms with E-state index in [1.165, 1.54) is 5.56 Å². The highest BCUT2D eigenvalue weighted by molar-refractivity contribution is 7.84. The van der Waals surface area contributed by atoms with Crippen LogP contribution in [-0.4, -0.2) is 39.7 Å². The zero-order chi connectivity index (χ0) is 17.6. The van der Waals surface area contributed by atoms with E-state index in [1.807, 2.05) is 18.2 Å². The molecule has 0 aliphatic carbocycles. The number of benzene rings is 2. The van der Waals surface area contributed by atoms with Gasteiger partial charge in [0.2, 0.25) is 0 Å². The van der Waals surface area contributed by atoms with E-state index in [-0.39, 0.29) is 11.3 Å². The molecule has 5 heteroatoms. The van der Waals surface area contributed by atoms with Gasteiger partial charge in [0.25, 0.3) is 0 Å². The number of carbonyl (C=O) groups excluding carboxylic acids is 1. The van der Waals surface area contributed by atoms with Crippen LogP contribution in [0.3, 0.4) is 0 Å². The maximum Gasteiger partial charge on any atom is 0.163 e. The second kappa shape index (κ2) is 9.76. The van der Waals surface area contributed by atoms with Crippen LogP contribution in [0.4, 0.5) is 0 Å². The van der Waals surface area contributed by atoms with Crippen molar-refractivity contribution in [2.45, 2.75) is 30.7 Å². The van der Waals surface area contributed by atoms with Gasteiger partial charge in [-0.25, -0.2) is 0 Å². The van der Waals surface area contributed by atoms with Gasteiger partial charge < -0.3 is 5.48 Å². The molecule has 2 aromatic carbocycles. The molecular formula is C21H27NO3S. The summed E-state index contributed by atoms with van der Waals surface area (Å²) in [6, 6.07) is 17.8. The predicted molar refractivity (Wildman–Crippen MR) is 106 cm³/mol. The van der Waals surface area contributed by atoms with Gasteiger partial charge in [0.15, 0.2) is 5.78 Å². The summed E-state index contributed by atoms with van der Waals surface area (Å²) in [4.78, 5) is 15.7. The molecule has 0 amide bonds. The molecule has 1 fully saturated rings. The molecule has 2 aromatic rings. The Kier molecular flexibility index (Phi) is 7.69. The fourth-order valence-electron chi connectivity index (χ4n) is 3.40. The Bertz CT molecular complexity index is 723. The molecular weight excluding hydrogens is 346 g/mol. The van der Waals surface area contributed by atoms with Crippen molar-refractivity contribution in [3.8, 4) is 0 Å². The van der Waals surface area contributed by atoms with Crippen LogP contribution in [0.15, 0.2) is 59.5 Å². The molecule has 2 N–H and O–H groups in total. The van der Waals surface area contributed by atoms with E-state index in [1.54, 1.807) is 18.4 Å². The summed E-state index contributed by atoms with van der Waals surface area (Å²) >= 11 is 0. The monoisotopic (exact) mass is 373 g/mol. The third-order valence-corrected chi connectivity index (χ3v) is 5.87. The number of Topliss-reactive ketones (excluding diaryl/α,β-unsaturated/α-hetero) is 1. The Balaban J connectivity index is 0.00000243. The highest BCUT2D eigenvalue weighted by Gasteiger charge is 2.22. The molecule has 0 bridgehead atoms. The lowest BCUT2D eigenvalue weighted by molar-refractivity contribution is 0.0925. The number of hydrogen-bond donors (Lipinski definition) is 0. The normalized spacial score (nSPS) is 16.7. The van der Waals surface area contributed by atoms with Crippen LogP contribution in [0.25, 0.3) is 0 Å². The molecule has 1 saturated heterocycles. The topological polar surface area (TPSA) is 68.9 Å². The van der Waals surface area contributed by atoms with Crippen LogP contribution in [0.2, 0.25) is 0 Å². The first kappa shape index (κ1) is 20.5. The second-order valence-corrected chi connectivity index (χ2v) is 8.19. The Morgan fingerprint density at radius 1 is 1.04 bits per heavy atom. The van der Waals surface area contributed by atoms with E-state index in [0.717, 1.165) is 42.9 Å². The first-order valence-electron chi connectivity index (χ1n) is 8.85. The van der Waals surface area contributed by atoms with Gasteiger partial charge in [0.05, 0.1) is 0 Å². The Morgan fingerprint density at radius 3 is 2.23 bits per heavy atom. The number of ketones is 1. The van der Waals surface area contributed by atoms with Gasteiger partial charge in [-0.15, -0.1) is 0 Å². The standard InChI is InChI=1S/C21H25NO2S.H2O/c1-25(24)20-9-7-19(8-10-20)21(23)15-17-11-13-22(14-12-17)16-18-5-3-2-4-6-18;/h2-10,17H,11-16H2,1H3;1H2. The molecule has 1 aliphatic heterocycles. The number of nitrogens with zero attached hydrogens (tertiary/aromatic N) is 1. The molecule has 0 saturated carbocycles. The van der Waals surface area contributed by atoms with E-state index < -0.39 is 10.8 Å². The lowest BCUT2D eigenvalue weighted by Crippen LogP contribution is -2.33. The van der Waals surface area contributed by atoms with Crippen molar-refractivity contribution in [1.29, 1.82) is 0 Å². The molecule has 1 aliphatic rings. The van der Waals surface area contributed by atoms with Crippen molar-refractivity contribution in [1.82, 2.24) is 4.90 Å². The summed E-state index contributed by atoms with van der Waals surface area (Å²) in [5, 5.41) is 0. The predicted octanol–water partition coefficient (Wildman–Crippen LogP) is 3.08. The smallest absolute Gasteiger partial charge is 0.163 e. The lowest BCUT2D eigenvalue weighted by atomic mass is 9.89. The van der Waals surface area contributed by atoms with Crippen molar-refractivity contribution in [2.75, 3.05) is 19.3 Å². The molecule has 3 rings (SSSR count). The first-order chi connectivity index (χ1) is 12.1. The molecule has 0 radical (unpaired) electrons. The van der Waals surface area contributed by atoms with Crippen molar-refractivity contribution in [2.24, 2.45) is 5.92 Å². The van der Waals surface area contributed by atoms with E-state index >= 15 is 0 Å². The van der Waals surface area contributed by atoms with Gasteiger partial charge in [-0.1, -0.05) is 42.5 Å². The maximum absolute atomic E-state index is 12.5. The van der Waals surface area contributed by atoms with E-state index in [9.17, 15) is 9.00 Å². The Hall–Kier alpha value is -1.82. The number of likely N-dealkylation sites (tertiary alicyclic amines) is 1. The number of carbonyl (C=O) groups is 1. The summed E-state index contributed by atoms with van der Waals surface area (Å²) in [6.07, 6.45) is 4.43. The second-order valence-electron chi connectivity index (χ2n) is 6.81.